The number of rotatable bonds is 6. The van der Waals surface area contributed by atoms with E-state index in [0.717, 1.165) is 30.8 Å². The highest BCUT2D eigenvalue weighted by atomic mass is 32.2. The summed E-state index contributed by atoms with van der Waals surface area (Å²) in [7, 11) is 0. The SMILES string of the molecule is CCCc1c(N)ncnc1NCC(C)(C)SC. The normalized spacial score (nSPS) is 11.5. The number of thioether (sulfide) groups is 1. The van der Waals surface area contributed by atoms with Crippen LogP contribution in [0, 0.1) is 0 Å². The molecule has 0 radical (unpaired) electrons. The molecular weight excluding hydrogens is 232 g/mol. The molecule has 0 spiro atoms. The molecule has 1 aromatic heterocycles. The Labute approximate surface area is 108 Å². The molecule has 5 heteroatoms. The zero-order valence-corrected chi connectivity index (χ0v) is 11.9. The van der Waals surface area contributed by atoms with Crippen molar-refractivity contribution in [1.82, 2.24) is 9.97 Å². The van der Waals surface area contributed by atoms with Gasteiger partial charge in [0.1, 0.15) is 18.0 Å². The molecule has 0 fully saturated rings. The van der Waals surface area contributed by atoms with Crippen molar-refractivity contribution in [1.29, 1.82) is 0 Å². The summed E-state index contributed by atoms with van der Waals surface area (Å²) in [5.41, 5.74) is 6.92. The highest BCUT2D eigenvalue weighted by Gasteiger charge is 2.17. The fourth-order valence-corrected chi connectivity index (χ4v) is 1.66. The van der Waals surface area contributed by atoms with Gasteiger partial charge in [-0.05, 0) is 26.5 Å². The maximum absolute atomic E-state index is 5.88. The lowest BCUT2D eigenvalue weighted by molar-refractivity contribution is 0.747. The minimum absolute atomic E-state index is 0.184. The van der Waals surface area contributed by atoms with Crippen molar-refractivity contribution < 1.29 is 0 Å². The van der Waals surface area contributed by atoms with Crippen molar-refractivity contribution in [3.8, 4) is 0 Å². The van der Waals surface area contributed by atoms with Gasteiger partial charge in [-0.15, -0.1) is 0 Å². The van der Waals surface area contributed by atoms with Crippen LogP contribution in [0.25, 0.3) is 0 Å². The monoisotopic (exact) mass is 254 g/mol. The van der Waals surface area contributed by atoms with E-state index >= 15 is 0 Å². The molecule has 0 unspecified atom stereocenters. The van der Waals surface area contributed by atoms with Crippen LogP contribution in [0.3, 0.4) is 0 Å². The average Bonchev–Trinajstić information content (AvgIpc) is 2.30. The molecule has 0 amide bonds. The molecular formula is C12H22N4S. The van der Waals surface area contributed by atoms with E-state index in [0.29, 0.717) is 5.82 Å². The van der Waals surface area contributed by atoms with Gasteiger partial charge in [0.2, 0.25) is 0 Å². The first-order valence-corrected chi connectivity index (χ1v) is 7.11. The summed E-state index contributed by atoms with van der Waals surface area (Å²) in [6.45, 7) is 7.40. The molecule has 4 nitrogen and oxygen atoms in total. The fraction of sp³-hybridized carbons (Fsp3) is 0.667. The smallest absolute Gasteiger partial charge is 0.134 e. The molecule has 0 aliphatic rings. The van der Waals surface area contributed by atoms with Gasteiger partial charge in [0.25, 0.3) is 0 Å². The van der Waals surface area contributed by atoms with Gasteiger partial charge in [0.15, 0.2) is 0 Å². The number of nitrogens with two attached hydrogens (primary N) is 1. The highest BCUT2D eigenvalue weighted by molar-refractivity contribution is 7.99. The van der Waals surface area contributed by atoms with Gasteiger partial charge >= 0.3 is 0 Å². The van der Waals surface area contributed by atoms with E-state index in [2.05, 4.69) is 42.3 Å². The Balaban J connectivity index is 2.80. The van der Waals surface area contributed by atoms with Crippen LogP contribution >= 0.6 is 11.8 Å². The Morgan fingerprint density at radius 3 is 2.71 bits per heavy atom. The van der Waals surface area contributed by atoms with Crippen molar-refractivity contribution >= 4 is 23.4 Å². The number of nitrogens with zero attached hydrogens (tertiary/aromatic N) is 2. The van der Waals surface area contributed by atoms with Gasteiger partial charge in [-0.25, -0.2) is 9.97 Å². The minimum Gasteiger partial charge on any atom is -0.383 e. The fourth-order valence-electron chi connectivity index (χ4n) is 1.44. The van der Waals surface area contributed by atoms with Crippen molar-refractivity contribution in [3.63, 3.8) is 0 Å². The molecule has 1 aromatic rings. The van der Waals surface area contributed by atoms with Gasteiger partial charge in [0.05, 0.1) is 0 Å². The zero-order valence-electron chi connectivity index (χ0n) is 11.1. The number of anilines is 2. The molecule has 96 valence electrons. The molecule has 0 bridgehead atoms. The summed E-state index contributed by atoms with van der Waals surface area (Å²) in [6.07, 6.45) is 5.58. The first kappa shape index (κ1) is 14.1. The van der Waals surface area contributed by atoms with Crippen LogP contribution in [0.5, 0.6) is 0 Å². The topological polar surface area (TPSA) is 63.8 Å². The molecule has 1 heterocycles. The maximum Gasteiger partial charge on any atom is 0.134 e. The number of hydrogen-bond acceptors (Lipinski definition) is 5. The van der Waals surface area contributed by atoms with E-state index in [1.54, 1.807) is 0 Å². The Morgan fingerprint density at radius 2 is 2.12 bits per heavy atom. The second-order valence-electron chi connectivity index (χ2n) is 4.65. The number of nitrogens with one attached hydrogen (secondary N) is 1. The van der Waals surface area contributed by atoms with Crippen LogP contribution in [0.4, 0.5) is 11.6 Å². The Kier molecular flexibility index (Phi) is 5.05. The largest absolute Gasteiger partial charge is 0.383 e. The van der Waals surface area contributed by atoms with Gasteiger partial charge in [-0.1, -0.05) is 13.3 Å². The van der Waals surface area contributed by atoms with E-state index in [9.17, 15) is 0 Å². The Bertz CT molecular complexity index is 366. The van der Waals surface area contributed by atoms with Crippen LogP contribution in [0.1, 0.15) is 32.8 Å². The summed E-state index contributed by atoms with van der Waals surface area (Å²) < 4.78 is 0.184. The number of aromatic nitrogens is 2. The number of hydrogen-bond donors (Lipinski definition) is 2. The van der Waals surface area contributed by atoms with E-state index in [1.807, 2.05) is 11.8 Å². The van der Waals surface area contributed by atoms with Gasteiger partial charge in [-0.3, -0.25) is 0 Å². The van der Waals surface area contributed by atoms with Gasteiger partial charge in [0, 0.05) is 16.9 Å². The van der Waals surface area contributed by atoms with Crippen LogP contribution < -0.4 is 11.1 Å². The molecule has 1 rings (SSSR count). The van der Waals surface area contributed by atoms with Crippen LogP contribution in [0.2, 0.25) is 0 Å². The van der Waals surface area contributed by atoms with Crippen LogP contribution in [-0.4, -0.2) is 27.5 Å². The Hall–Kier alpha value is -0.970. The average molecular weight is 254 g/mol. The second kappa shape index (κ2) is 6.10. The summed E-state index contributed by atoms with van der Waals surface area (Å²) in [6, 6.07) is 0. The van der Waals surface area contributed by atoms with Gasteiger partial charge < -0.3 is 11.1 Å². The van der Waals surface area contributed by atoms with Crippen molar-refractivity contribution in [2.45, 2.75) is 38.4 Å². The van der Waals surface area contributed by atoms with E-state index in [4.69, 9.17) is 5.73 Å². The lowest BCUT2D eigenvalue weighted by Crippen LogP contribution is -2.26. The molecule has 0 saturated carbocycles. The lowest BCUT2D eigenvalue weighted by atomic mass is 10.1. The molecule has 0 saturated heterocycles. The van der Waals surface area contributed by atoms with E-state index in [-0.39, 0.29) is 4.75 Å². The summed E-state index contributed by atoms with van der Waals surface area (Å²) in [5, 5.41) is 3.38. The standard InChI is InChI=1S/C12H22N4S/c1-5-6-9-10(13)15-8-16-11(9)14-7-12(2,3)17-4/h8H,5-7H2,1-4H3,(H3,13,14,15,16). The minimum atomic E-state index is 0.184. The summed E-state index contributed by atoms with van der Waals surface area (Å²) in [4.78, 5) is 8.33. The van der Waals surface area contributed by atoms with Gasteiger partial charge in [-0.2, -0.15) is 11.8 Å². The van der Waals surface area contributed by atoms with E-state index in [1.165, 1.54) is 6.33 Å². The third-order valence-electron chi connectivity index (χ3n) is 2.71. The first-order valence-electron chi connectivity index (χ1n) is 5.88. The second-order valence-corrected chi connectivity index (χ2v) is 6.17. The molecule has 3 N–H and O–H groups in total. The lowest BCUT2D eigenvalue weighted by Gasteiger charge is -2.23. The Morgan fingerprint density at radius 1 is 1.41 bits per heavy atom. The maximum atomic E-state index is 5.88. The first-order chi connectivity index (χ1) is 8.00. The zero-order chi connectivity index (χ0) is 12.9. The van der Waals surface area contributed by atoms with Crippen molar-refractivity contribution in [2.75, 3.05) is 23.9 Å². The van der Waals surface area contributed by atoms with Crippen LogP contribution in [-0.2, 0) is 6.42 Å². The number of nitrogen functional groups attached to an aromatic ring is 1. The molecule has 17 heavy (non-hydrogen) atoms. The summed E-state index contributed by atoms with van der Waals surface area (Å²) >= 11 is 1.83. The highest BCUT2D eigenvalue weighted by Crippen LogP contribution is 2.24. The third-order valence-corrected chi connectivity index (χ3v) is 3.96. The molecule has 0 aliphatic heterocycles. The van der Waals surface area contributed by atoms with Crippen LogP contribution in [0.15, 0.2) is 6.33 Å². The van der Waals surface area contributed by atoms with Crippen molar-refractivity contribution in [3.05, 3.63) is 11.9 Å². The molecule has 0 aromatic carbocycles. The van der Waals surface area contributed by atoms with E-state index < -0.39 is 0 Å². The quantitative estimate of drug-likeness (QED) is 0.817. The molecule has 0 atom stereocenters. The molecule has 0 aliphatic carbocycles. The predicted molar refractivity (Wildman–Crippen MR) is 76.5 cm³/mol. The third kappa shape index (κ3) is 4.07. The summed E-state index contributed by atoms with van der Waals surface area (Å²) in [5.74, 6) is 1.47. The predicted octanol–water partition coefficient (Wildman–Crippen LogP) is 2.56. The van der Waals surface area contributed by atoms with Crippen molar-refractivity contribution in [2.24, 2.45) is 0 Å².